The van der Waals surface area contributed by atoms with E-state index in [9.17, 15) is 14.4 Å². The third-order valence-electron chi connectivity index (χ3n) is 4.80. The molecule has 0 aromatic carbocycles. The summed E-state index contributed by atoms with van der Waals surface area (Å²) in [7, 11) is 5.18. The van der Waals surface area contributed by atoms with Gasteiger partial charge in [0.05, 0.1) is 10.7 Å². The predicted octanol–water partition coefficient (Wildman–Crippen LogP) is 0.922. The van der Waals surface area contributed by atoms with E-state index >= 15 is 0 Å². The second-order valence-corrected chi connectivity index (χ2v) is 9.59. The van der Waals surface area contributed by atoms with E-state index in [1.165, 1.54) is 28.5 Å². The molecule has 2 aromatic rings. The summed E-state index contributed by atoms with van der Waals surface area (Å²) in [6.45, 7) is 1.55. The van der Waals surface area contributed by atoms with Crippen LogP contribution in [0.2, 0.25) is 5.02 Å². The van der Waals surface area contributed by atoms with Crippen LogP contribution in [0.5, 0.6) is 0 Å². The minimum atomic E-state index is -0.949. The number of likely N-dealkylation sites (N-methyl/N-ethyl adjacent to an activating group) is 2. The number of amides is 3. The average molecular weight is 510 g/mol. The highest BCUT2D eigenvalue weighted by atomic mass is 35.5. The first-order chi connectivity index (χ1) is 15.6. The van der Waals surface area contributed by atoms with Gasteiger partial charge in [0.25, 0.3) is 11.8 Å². The number of carbonyl (C=O) groups excluding carboxylic acids is 3. The minimum absolute atomic E-state index is 0.0725. The van der Waals surface area contributed by atoms with E-state index in [2.05, 4.69) is 30.8 Å². The van der Waals surface area contributed by atoms with E-state index in [1.54, 1.807) is 20.2 Å². The second-order valence-electron chi connectivity index (χ2n) is 7.66. The third kappa shape index (κ3) is 6.67. The van der Waals surface area contributed by atoms with Gasteiger partial charge in [-0.2, -0.15) is 0 Å². The van der Waals surface area contributed by atoms with Gasteiger partial charge in [0, 0.05) is 51.2 Å². The van der Waals surface area contributed by atoms with Gasteiger partial charge in [0.15, 0.2) is 10.00 Å². The summed E-state index contributed by atoms with van der Waals surface area (Å²) in [5.41, 5.74) is 0.922. The standard InChI is InChI=1S/C20H24ClN7O3S2/c1-27(2)20(31)13(9-23-18(32)16(29)26-15-5-4-11(21)8-22-15)24-17(30)19-25-12-6-7-28(3)10-14(12)33-19/h4-5,8,13H,6-7,9-10H2,1-3H3,(H,23,32)(H,24,30)(H,22,26,29)/t13-/m0/s1. The quantitative estimate of drug-likeness (QED) is 0.492. The van der Waals surface area contributed by atoms with E-state index in [4.69, 9.17) is 23.8 Å². The van der Waals surface area contributed by atoms with Crippen LogP contribution < -0.4 is 16.0 Å². The molecule has 3 amide bonds. The predicted molar refractivity (Wildman–Crippen MR) is 131 cm³/mol. The number of aromatic nitrogens is 2. The van der Waals surface area contributed by atoms with Gasteiger partial charge in [-0.3, -0.25) is 14.4 Å². The molecule has 13 heteroatoms. The molecule has 0 radical (unpaired) electrons. The molecular weight excluding hydrogens is 486 g/mol. The Labute approximate surface area is 205 Å². The summed E-state index contributed by atoms with van der Waals surface area (Å²) in [6.07, 6.45) is 2.17. The van der Waals surface area contributed by atoms with Crippen molar-refractivity contribution in [3.63, 3.8) is 0 Å². The molecule has 1 aliphatic rings. The normalized spacial score (nSPS) is 14.1. The molecule has 0 saturated heterocycles. The van der Waals surface area contributed by atoms with Gasteiger partial charge in [0.1, 0.15) is 11.9 Å². The number of fused-ring (bicyclic) bond motifs is 1. The summed E-state index contributed by atoms with van der Waals surface area (Å²) in [5.74, 6) is -1.11. The van der Waals surface area contributed by atoms with E-state index in [1.807, 2.05) is 7.05 Å². The van der Waals surface area contributed by atoms with Crippen molar-refractivity contribution in [3.8, 4) is 0 Å². The Bertz CT molecular complexity index is 1060. The van der Waals surface area contributed by atoms with Crippen molar-refractivity contribution in [1.29, 1.82) is 0 Å². The molecule has 2 aromatic heterocycles. The summed E-state index contributed by atoms with van der Waals surface area (Å²) in [5, 5.41) is 8.72. The highest BCUT2D eigenvalue weighted by Gasteiger charge is 2.27. The fourth-order valence-corrected chi connectivity index (χ4v) is 4.39. The van der Waals surface area contributed by atoms with E-state index in [0.29, 0.717) is 10.0 Å². The second kappa shape index (κ2) is 11.0. The Balaban J connectivity index is 1.62. The SMILES string of the molecule is CN1CCc2nc(C(=O)N[C@@H](CNC(=S)C(=O)Nc3ccc(Cl)cn3)C(=O)N(C)C)sc2C1. The molecule has 1 atom stereocenters. The summed E-state index contributed by atoms with van der Waals surface area (Å²) < 4.78 is 0. The van der Waals surface area contributed by atoms with Crippen molar-refractivity contribution >= 4 is 63.7 Å². The van der Waals surface area contributed by atoms with E-state index in [0.717, 1.165) is 30.1 Å². The Kier molecular flexibility index (Phi) is 8.30. The monoisotopic (exact) mass is 509 g/mol. The first kappa shape index (κ1) is 25.0. The number of nitrogens with one attached hydrogen (secondary N) is 3. The molecule has 3 heterocycles. The van der Waals surface area contributed by atoms with Crippen molar-refractivity contribution in [2.45, 2.75) is 19.0 Å². The number of hydrogen-bond acceptors (Lipinski definition) is 8. The summed E-state index contributed by atoms with van der Waals surface area (Å²) in [6, 6.07) is 2.17. The van der Waals surface area contributed by atoms with Gasteiger partial charge in [0.2, 0.25) is 5.91 Å². The van der Waals surface area contributed by atoms with Crippen molar-refractivity contribution in [2.75, 3.05) is 39.5 Å². The highest BCUT2D eigenvalue weighted by molar-refractivity contribution is 7.82. The Hall–Kier alpha value is -2.67. The lowest BCUT2D eigenvalue weighted by Crippen LogP contribution is -2.53. The number of thiocarbonyl (C=S) groups is 1. The molecule has 0 saturated carbocycles. The van der Waals surface area contributed by atoms with Gasteiger partial charge in [-0.25, -0.2) is 9.97 Å². The third-order valence-corrected chi connectivity index (χ3v) is 6.44. The number of anilines is 1. The Morgan fingerprint density at radius 2 is 2.09 bits per heavy atom. The molecule has 0 aliphatic carbocycles. The zero-order valence-corrected chi connectivity index (χ0v) is 20.7. The zero-order valence-electron chi connectivity index (χ0n) is 18.3. The molecule has 0 unspecified atom stereocenters. The molecule has 0 fully saturated rings. The van der Waals surface area contributed by atoms with Crippen molar-refractivity contribution < 1.29 is 14.4 Å². The Morgan fingerprint density at radius 3 is 2.76 bits per heavy atom. The molecule has 3 N–H and O–H groups in total. The van der Waals surface area contributed by atoms with Gasteiger partial charge >= 0.3 is 0 Å². The maximum Gasteiger partial charge on any atom is 0.284 e. The largest absolute Gasteiger partial charge is 0.369 e. The number of pyridine rings is 1. The molecule has 3 rings (SSSR count). The van der Waals surface area contributed by atoms with Crippen LogP contribution in [0.4, 0.5) is 5.82 Å². The first-order valence-corrected chi connectivity index (χ1v) is 11.6. The molecule has 10 nitrogen and oxygen atoms in total. The number of hydrogen-bond donors (Lipinski definition) is 3. The number of rotatable bonds is 6. The van der Waals surface area contributed by atoms with Crippen LogP contribution in [0.15, 0.2) is 18.3 Å². The lowest BCUT2D eigenvalue weighted by Gasteiger charge is -2.22. The van der Waals surface area contributed by atoms with Gasteiger partial charge in [-0.1, -0.05) is 23.8 Å². The maximum absolute atomic E-state index is 12.8. The summed E-state index contributed by atoms with van der Waals surface area (Å²) in [4.78, 5) is 50.6. The fraction of sp³-hybridized carbons (Fsp3) is 0.400. The topological polar surface area (TPSA) is 120 Å². The lowest BCUT2D eigenvalue weighted by atomic mass is 10.2. The van der Waals surface area contributed by atoms with E-state index < -0.39 is 17.9 Å². The van der Waals surface area contributed by atoms with Crippen molar-refractivity contribution in [3.05, 3.63) is 38.9 Å². The van der Waals surface area contributed by atoms with E-state index in [-0.39, 0.29) is 23.3 Å². The molecule has 1 aliphatic heterocycles. The maximum atomic E-state index is 12.8. The number of carbonyl (C=O) groups is 3. The molecule has 0 bridgehead atoms. The highest BCUT2D eigenvalue weighted by Crippen LogP contribution is 2.24. The van der Waals surface area contributed by atoms with Crippen LogP contribution in [0.3, 0.4) is 0 Å². The van der Waals surface area contributed by atoms with Gasteiger partial charge < -0.3 is 25.8 Å². The van der Waals surface area contributed by atoms with Crippen LogP contribution in [0.1, 0.15) is 20.4 Å². The number of nitrogens with zero attached hydrogens (tertiary/aromatic N) is 4. The van der Waals surface area contributed by atoms with Crippen LogP contribution in [-0.4, -0.2) is 82.8 Å². The smallest absolute Gasteiger partial charge is 0.284 e. The molecule has 176 valence electrons. The van der Waals surface area contributed by atoms with Gasteiger partial charge in [-0.15, -0.1) is 11.3 Å². The number of halogens is 1. The average Bonchev–Trinajstić information content (AvgIpc) is 3.20. The van der Waals surface area contributed by atoms with Crippen LogP contribution >= 0.6 is 35.2 Å². The molecule has 0 spiro atoms. The number of thiazole rings is 1. The van der Waals surface area contributed by atoms with Crippen molar-refractivity contribution in [1.82, 2.24) is 30.4 Å². The van der Waals surface area contributed by atoms with Crippen molar-refractivity contribution in [2.24, 2.45) is 0 Å². The summed E-state index contributed by atoms with van der Waals surface area (Å²) >= 11 is 12.2. The van der Waals surface area contributed by atoms with Crippen LogP contribution in [0.25, 0.3) is 0 Å². The van der Waals surface area contributed by atoms with Crippen LogP contribution in [0, 0.1) is 0 Å². The zero-order chi connectivity index (χ0) is 24.1. The Morgan fingerprint density at radius 1 is 1.33 bits per heavy atom. The lowest BCUT2D eigenvalue weighted by molar-refractivity contribution is -0.130. The fourth-order valence-electron chi connectivity index (χ4n) is 3.05. The first-order valence-electron chi connectivity index (χ1n) is 10.0. The van der Waals surface area contributed by atoms with Gasteiger partial charge in [-0.05, 0) is 19.2 Å². The molecular formula is C20H24ClN7O3S2. The minimum Gasteiger partial charge on any atom is -0.369 e. The molecule has 33 heavy (non-hydrogen) atoms. The van der Waals surface area contributed by atoms with Crippen LogP contribution in [-0.2, 0) is 22.6 Å².